The minimum Gasteiger partial charge on any atom is -0.465 e. The van der Waals surface area contributed by atoms with Gasteiger partial charge < -0.3 is 5.11 Å². The van der Waals surface area contributed by atoms with Crippen LogP contribution >= 0.6 is 15.9 Å². The zero-order chi connectivity index (χ0) is 15.9. The van der Waals surface area contributed by atoms with Crippen LogP contribution in [0.2, 0.25) is 0 Å². The van der Waals surface area contributed by atoms with Crippen LogP contribution in [0.3, 0.4) is 0 Å². The monoisotopic (exact) mass is 359 g/mol. The van der Waals surface area contributed by atoms with Crippen molar-refractivity contribution in [2.45, 2.75) is 18.9 Å². The predicted molar refractivity (Wildman–Crippen MR) is 85.8 cm³/mol. The van der Waals surface area contributed by atoms with Crippen LogP contribution in [-0.2, 0) is 12.0 Å². The molecular weight excluding hydrogens is 346 g/mol. The first kappa shape index (κ1) is 14.8. The Morgan fingerprint density at radius 2 is 1.91 bits per heavy atom. The Morgan fingerprint density at radius 3 is 2.55 bits per heavy atom. The molecule has 112 valence electrons. The molecule has 5 heteroatoms. The van der Waals surface area contributed by atoms with Gasteiger partial charge in [0.25, 0.3) is 5.91 Å². The van der Waals surface area contributed by atoms with Crippen LogP contribution in [0.25, 0.3) is 0 Å². The SMILES string of the molecule is CC1(Cc2ccccc2)c2cc(Br)ccc2C(=O)N1C(=O)O. The van der Waals surface area contributed by atoms with E-state index >= 15 is 0 Å². The first-order chi connectivity index (χ1) is 10.4. The lowest BCUT2D eigenvalue weighted by Crippen LogP contribution is -2.46. The quantitative estimate of drug-likeness (QED) is 0.879. The van der Waals surface area contributed by atoms with E-state index < -0.39 is 17.5 Å². The van der Waals surface area contributed by atoms with Gasteiger partial charge in [0.15, 0.2) is 0 Å². The zero-order valence-corrected chi connectivity index (χ0v) is 13.5. The molecule has 0 spiro atoms. The smallest absolute Gasteiger partial charge is 0.415 e. The van der Waals surface area contributed by atoms with Gasteiger partial charge in [-0.1, -0.05) is 46.3 Å². The summed E-state index contributed by atoms with van der Waals surface area (Å²) in [5.41, 5.74) is 1.25. The van der Waals surface area contributed by atoms with E-state index in [2.05, 4.69) is 15.9 Å². The number of halogens is 1. The van der Waals surface area contributed by atoms with Gasteiger partial charge >= 0.3 is 6.09 Å². The molecule has 1 unspecified atom stereocenters. The van der Waals surface area contributed by atoms with E-state index in [1.54, 1.807) is 19.1 Å². The van der Waals surface area contributed by atoms with E-state index in [-0.39, 0.29) is 0 Å². The third kappa shape index (κ3) is 2.22. The van der Waals surface area contributed by atoms with Crippen LogP contribution in [0.15, 0.2) is 53.0 Å². The number of hydrogen-bond acceptors (Lipinski definition) is 2. The highest BCUT2D eigenvalue weighted by Gasteiger charge is 2.49. The highest BCUT2D eigenvalue weighted by atomic mass is 79.9. The van der Waals surface area contributed by atoms with Crippen molar-refractivity contribution >= 4 is 27.9 Å². The van der Waals surface area contributed by atoms with E-state index in [9.17, 15) is 14.7 Å². The Morgan fingerprint density at radius 1 is 1.23 bits per heavy atom. The van der Waals surface area contributed by atoms with Gasteiger partial charge in [-0.2, -0.15) is 0 Å². The third-order valence-electron chi connectivity index (χ3n) is 4.07. The number of nitrogens with zero attached hydrogens (tertiary/aromatic N) is 1. The lowest BCUT2D eigenvalue weighted by atomic mass is 9.85. The van der Waals surface area contributed by atoms with Crippen molar-refractivity contribution in [1.82, 2.24) is 4.90 Å². The Kier molecular flexibility index (Phi) is 3.53. The summed E-state index contributed by atoms with van der Waals surface area (Å²) in [6.07, 6.45) is -0.786. The van der Waals surface area contributed by atoms with Crippen LogP contribution in [0, 0.1) is 0 Å². The fraction of sp³-hybridized carbons (Fsp3) is 0.176. The van der Waals surface area contributed by atoms with Gasteiger partial charge in [-0.25, -0.2) is 9.69 Å². The molecule has 0 saturated carbocycles. The van der Waals surface area contributed by atoms with Gasteiger partial charge in [0.05, 0.1) is 5.54 Å². The van der Waals surface area contributed by atoms with Gasteiger partial charge in [-0.15, -0.1) is 0 Å². The molecule has 0 bridgehead atoms. The van der Waals surface area contributed by atoms with E-state index in [4.69, 9.17) is 0 Å². The van der Waals surface area contributed by atoms with Gasteiger partial charge in [0.2, 0.25) is 0 Å². The average molecular weight is 360 g/mol. The van der Waals surface area contributed by atoms with E-state index in [1.165, 1.54) is 0 Å². The summed E-state index contributed by atoms with van der Waals surface area (Å²) in [7, 11) is 0. The number of carbonyl (C=O) groups excluding carboxylic acids is 1. The normalized spacial score (nSPS) is 20.1. The van der Waals surface area contributed by atoms with E-state index in [1.807, 2.05) is 36.4 Å². The van der Waals surface area contributed by atoms with Crippen molar-refractivity contribution in [3.63, 3.8) is 0 Å². The number of carbonyl (C=O) groups is 2. The molecule has 2 aromatic carbocycles. The molecule has 3 rings (SSSR count). The molecule has 2 amide bonds. The third-order valence-corrected chi connectivity index (χ3v) is 4.56. The molecule has 1 aliphatic rings. The van der Waals surface area contributed by atoms with Crippen LogP contribution in [0.5, 0.6) is 0 Å². The molecule has 0 aliphatic carbocycles. The number of imide groups is 1. The molecule has 4 nitrogen and oxygen atoms in total. The van der Waals surface area contributed by atoms with Crippen LogP contribution in [0.4, 0.5) is 4.79 Å². The number of hydrogen-bond donors (Lipinski definition) is 1. The Hall–Kier alpha value is -2.14. The van der Waals surface area contributed by atoms with Gasteiger partial charge in [0, 0.05) is 16.5 Å². The Labute approximate surface area is 136 Å². The maximum absolute atomic E-state index is 12.5. The molecule has 0 aromatic heterocycles. The maximum Gasteiger partial charge on any atom is 0.415 e. The maximum atomic E-state index is 12.5. The van der Waals surface area contributed by atoms with Gasteiger partial charge in [-0.05, 0) is 36.2 Å². The lowest BCUT2D eigenvalue weighted by Gasteiger charge is -2.32. The van der Waals surface area contributed by atoms with Crippen LogP contribution in [0.1, 0.15) is 28.4 Å². The number of amides is 2. The largest absolute Gasteiger partial charge is 0.465 e. The van der Waals surface area contributed by atoms with Crippen molar-refractivity contribution < 1.29 is 14.7 Å². The summed E-state index contributed by atoms with van der Waals surface area (Å²) >= 11 is 3.40. The first-order valence-corrected chi connectivity index (χ1v) is 7.64. The average Bonchev–Trinajstić information content (AvgIpc) is 2.68. The van der Waals surface area contributed by atoms with Gasteiger partial charge in [0.1, 0.15) is 0 Å². The van der Waals surface area contributed by atoms with Crippen molar-refractivity contribution in [3.05, 3.63) is 69.7 Å². The second-order valence-electron chi connectivity index (χ2n) is 5.55. The fourth-order valence-corrected chi connectivity index (χ4v) is 3.44. The highest BCUT2D eigenvalue weighted by molar-refractivity contribution is 9.10. The predicted octanol–water partition coefficient (Wildman–Crippen LogP) is 4.04. The number of benzene rings is 2. The van der Waals surface area contributed by atoms with Crippen molar-refractivity contribution in [1.29, 1.82) is 0 Å². The van der Waals surface area contributed by atoms with Crippen LogP contribution in [-0.4, -0.2) is 22.0 Å². The lowest BCUT2D eigenvalue weighted by molar-refractivity contribution is 0.0578. The topological polar surface area (TPSA) is 57.6 Å². The number of fused-ring (bicyclic) bond motifs is 1. The first-order valence-electron chi connectivity index (χ1n) is 6.85. The summed E-state index contributed by atoms with van der Waals surface area (Å²) < 4.78 is 0.825. The fourth-order valence-electron chi connectivity index (χ4n) is 3.08. The molecule has 1 heterocycles. The van der Waals surface area contributed by atoms with Crippen molar-refractivity contribution in [3.8, 4) is 0 Å². The van der Waals surface area contributed by atoms with Crippen molar-refractivity contribution in [2.75, 3.05) is 0 Å². The Balaban J connectivity index is 2.16. The minimum atomic E-state index is -1.23. The highest BCUT2D eigenvalue weighted by Crippen LogP contribution is 2.42. The summed E-state index contributed by atoms with van der Waals surface area (Å²) in [6.45, 7) is 1.80. The van der Waals surface area contributed by atoms with Crippen molar-refractivity contribution in [2.24, 2.45) is 0 Å². The van der Waals surface area contributed by atoms with Gasteiger partial charge in [-0.3, -0.25) is 4.79 Å². The second kappa shape index (κ2) is 5.25. The minimum absolute atomic E-state index is 0.440. The van der Waals surface area contributed by atoms with E-state index in [0.717, 1.165) is 20.5 Å². The molecular formula is C17H14BrNO3. The standard InChI is InChI=1S/C17H14BrNO3/c1-17(10-11-5-3-2-4-6-11)14-9-12(18)7-8-13(14)15(20)19(17)16(21)22/h2-9H,10H2,1H3,(H,21,22). The number of carboxylic acid groups (broad SMARTS) is 1. The Bertz CT molecular complexity index is 760. The molecule has 1 aliphatic heterocycles. The molecule has 0 radical (unpaired) electrons. The summed E-state index contributed by atoms with van der Waals surface area (Å²) in [4.78, 5) is 25.1. The summed E-state index contributed by atoms with van der Waals surface area (Å²) in [6, 6.07) is 14.9. The number of rotatable bonds is 2. The summed E-state index contributed by atoms with van der Waals surface area (Å²) in [5, 5.41) is 9.53. The zero-order valence-electron chi connectivity index (χ0n) is 11.9. The van der Waals surface area contributed by atoms with E-state index in [0.29, 0.717) is 12.0 Å². The molecule has 0 saturated heterocycles. The molecule has 22 heavy (non-hydrogen) atoms. The molecule has 2 aromatic rings. The second-order valence-corrected chi connectivity index (χ2v) is 6.46. The molecule has 0 fully saturated rings. The summed E-state index contributed by atoms with van der Waals surface area (Å²) in [5.74, 6) is -0.464. The molecule has 1 atom stereocenters. The molecule has 1 N–H and O–H groups in total. The van der Waals surface area contributed by atoms with Crippen LogP contribution < -0.4 is 0 Å².